The molecule has 2 aromatic rings. The zero-order valence-electron chi connectivity index (χ0n) is 29.8. The van der Waals surface area contributed by atoms with Crippen molar-refractivity contribution in [2.45, 2.75) is 85.5 Å². The molecule has 0 aromatic heterocycles. The van der Waals surface area contributed by atoms with Crippen LogP contribution in [0.2, 0.25) is 0 Å². The number of rotatable bonds is 12. The van der Waals surface area contributed by atoms with E-state index in [-0.39, 0.29) is 29.7 Å². The number of nitrogens with one attached hydrogen (secondary N) is 2. The molecule has 0 spiro atoms. The SMILES string of the molecule is CN[C@H](C(=O)N[C@H](C(=O)N(C)[C@H](C=C(C)C(=O)N1CCN(Cc2ccccc2)CC1)C(C)C)C(C)(C)C)C(C)(C)c1ccccc1. The van der Waals surface area contributed by atoms with Gasteiger partial charge in [-0.3, -0.25) is 19.3 Å². The fourth-order valence-electron chi connectivity index (χ4n) is 6.36. The number of hydrogen-bond donors (Lipinski definition) is 2. The largest absolute Gasteiger partial charge is 0.342 e. The van der Waals surface area contributed by atoms with Crippen molar-refractivity contribution in [3.63, 3.8) is 0 Å². The van der Waals surface area contributed by atoms with Gasteiger partial charge in [0.05, 0.1) is 12.1 Å². The molecule has 1 heterocycles. The van der Waals surface area contributed by atoms with Crippen LogP contribution in [0.15, 0.2) is 72.3 Å². The Morgan fingerprint density at radius 3 is 1.91 bits per heavy atom. The van der Waals surface area contributed by atoms with E-state index in [0.29, 0.717) is 18.7 Å². The Hall–Kier alpha value is -3.49. The van der Waals surface area contributed by atoms with E-state index < -0.39 is 22.9 Å². The molecule has 2 N–H and O–H groups in total. The lowest BCUT2D eigenvalue weighted by molar-refractivity contribution is -0.141. The van der Waals surface area contributed by atoms with Gasteiger partial charge in [0, 0.05) is 50.8 Å². The van der Waals surface area contributed by atoms with Crippen molar-refractivity contribution in [3.05, 3.63) is 83.4 Å². The molecule has 0 aliphatic carbocycles. The maximum absolute atomic E-state index is 14.2. The average molecular weight is 632 g/mol. The number of nitrogens with zero attached hydrogens (tertiary/aromatic N) is 3. The summed E-state index contributed by atoms with van der Waals surface area (Å²) in [5, 5.41) is 6.31. The summed E-state index contributed by atoms with van der Waals surface area (Å²) in [6, 6.07) is 18.7. The summed E-state index contributed by atoms with van der Waals surface area (Å²) < 4.78 is 0. The summed E-state index contributed by atoms with van der Waals surface area (Å²) in [5.74, 6) is -0.352. The first-order valence-electron chi connectivity index (χ1n) is 16.6. The third kappa shape index (κ3) is 9.29. The van der Waals surface area contributed by atoms with Gasteiger partial charge in [0.1, 0.15) is 6.04 Å². The molecule has 0 unspecified atom stereocenters. The van der Waals surface area contributed by atoms with Crippen LogP contribution in [-0.4, -0.2) is 90.8 Å². The molecule has 1 saturated heterocycles. The number of amides is 3. The van der Waals surface area contributed by atoms with Crippen molar-refractivity contribution in [3.8, 4) is 0 Å². The van der Waals surface area contributed by atoms with Gasteiger partial charge < -0.3 is 20.4 Å². The molecule has 1 fully saturated rings. The second-order valence-electron chi connectivity index (χ2n) is 14.7. The first kappa shape index (κ1) is 37.0. The van der Waals surface area contributed by atoms with E-state index in [0.717, 1.165) is 25.2 Å². The highest BCUT2D eigenvalue weighted by Gasteiger charge is 2.41. The van der Waals surface area contributed by atoms with Crippen LogP contribution in [-0.2, 0) is 26.3 Å². The van der Waals surface area contributed by atoms with E-state index >= 15 is 0 Å². The Bertz CT molecular complexity index is 1330. The standard InChI is InChI=1S/C38H57N5O3/c1-27(2)31(25-28(3)35(45)43-23-21-42(22-24-43)26-29-17-13-11-14-18-29)41(10)36(46)33(37(4,5)6)40-34(44)32(39-9)38(7,8)30-19-15-12-16-20-30/h11-20,25,27,31-33,39H,21-24,26H2,1-10H3,(H,40,44)/t31-,32-,33-/m1/s1. The van der Waals surface area contributed by atoms with E-state index in [1.54, 1.807) is 19.0 Å². The highest BCUT2D eigenvalue weighted by molar-refractivity contribution is 5.94. The molecule has 8 heteroatoms. The lowest BCUT2D eigenvalue weighted by Crippen LogP contribution is -2.61. The van der Waals surface area contributed by atoms with Gasteiger partial charge >= 0.3 is 0 Å². The Balaban J connectivity index is 1.73. The minimum absolute atomic E-state index is 0.00606. The first-order valence-corrected chi connectivity index (χ1v) is 16.6. The highest BCUT2D eigenvalue weighted by atomic mass is 16.2. The van der Waals surface area contributed by atoms with Gasteiger partial charge in [0.15, 0.2) is 0 Å². The summed E-state index contributed by atoms with van der Waals surface area (Å²) in [7, 11) is 3.55. The normalized spacial score (nSPS) is 16.9. The summed E-state index contributed by atoms with van der Waals surface area (Å²) in [5.41, 5.74) is 1.86. The van der Waals surface area contributed by atoms with E-state index in [2.05, 4.69) is 53.6 Å². The predicted octanol–water partition coefficient (Wildman–Crippen LogP) is 4.86. The van der Waals surface area contributed by atoms with Crippen molar-refractivity contribution < 1.29 is 14.4 Å². The quantitative estimate of drug-likeness (QED) is 0.327. The smallest absolute Gasteiger partial charge is 0.249 e. The summed E-state index contributed by atoms with van der Waals surface area (Å²) in [4.78, 5) is 47.6. The molecule has 1 aliphatic heterocycles. The monoisotopic (exact) mass is 631 g/mol. The second-order valence-corrected chi connectivity index (χ2v) is 14.7. The lowest BCUT2D eigenvalue weighted by Gasteiger charge is -2.40. The van der Waals surface area contributed by atoms with E-state index in [1.165, 1.54) is 5.56 Å². The van der Waals surface area contributed by atoms with Crippen LogP contribution in [0.3, 0.4) is 0 Å². The predicted molar refractivity (Wildman–Crippen MR) is 187 cm³/mol. The van der Waals surface area contributed by atoms with Gasteiger partial charge in [-0.1, -0.05) is 115 Å². The van der Waals surface area contributed by atoms with Crippen LogP contribution in [0.5, 0.6) is 0 Å². The molecule has 0 bridgehead atoms. The molecule has 8 nitrogen and oxygen atoms in total. The number of carbonyl (C=O) groups excluding carboxylic acids is 3. The topological polar surface area (TPSA) is 85.0 Å². The zero-order chi connectivity index (χ0) is 34.2. The third-order valence-electron chi connectivity index (χ3n) is 9.33. The first-order chi connectivity index (χ1) is 21.6. The molecule has 46 heavy (non-hydrogen) atoms. The van der Waals surface area contributed by atoms with Crippen LogP contribution in [0, 0.1) is 11.3 Å². The molecular formula is C38H57N5O3. The minimum Gasteiger partial charge on any atom is -0.342 e. The van der Waals surface area contributed by atoms with Crippen LogP contribution in [0.25, 0.3) is 0 Å². The van der Waals surface area contributed by atoms with Crippen LogP contribution in [0.4, 0.5) is 0 Å². The molecule has 3 rings (SSSR count). The molecule has 2 aromatic carbocycles. The van der Waals surface area contributed by atoms with E-state index in [1.807, 2.05) is 88.9 Å². The number of carbonyl (C=O) groups is 3. The molecular weight excluding hydrogens is 574 g/mol. The van der Waals surface area contributed by atoms with Gasteiger partial charge in [0.25, 0.3) is 0 Å². The van der Waals surface area contributed by atoms with Gasteiger partial charge in [-0.25, -0.2) is 0 Å². The third-order valence-corrected chi connectivity index (χ3v) is 9.33. The molecule has 3 amide bonds. The van der Waals surface area contributed by atoms with Crippen molar-refractivity contribution in [1.29, 1.82) is 0 Å². The molecule has 252 valence electrons. The number of likely N-dealkylation sites (N-methyl/N-ethyl adjacent to an activating group) is 2. The Morgan fingerprint density at radius 2 is 1.41 bits per heavy atom. The molecule has 0 saturated carbocycles. The lowest BCUT2D eigenvalue weighted by atomic mass is 9.76. The maximum Gasteiger partial charge on any atom is 0.249 e. The van der Waals surface area contributed by atoms with Crippen molar-refractivity contribution >= 4 is 17.7 Å². The van der Waals surface area contributed by atoms with Crippen molar-refractivity contribution in [2.24, 2.45) is 11.3 Å². The summed E-state index contributed by atoms with van der Waals surface area (Å²) in [6.07, 6.45) is 1.93. The Morgan fingerprint density at radius 1 is 0.870 bits per heavy atom. The fraction of sp³-hybridized carbons (Fsp3) is 0.553. The zero-order valence-corrected chi connectivity index (χ0v) is 29.8. The molecule has 0 radical (unpaired) electrons. The Kier molecular flexibility index (Phi) is 12.8. The highest BCUT2D eigenvalue weighted by Crippen LogP contribution is 2.29. The average Bonchev–Trinajstić information content (AvgIpc) is 3.02. The molecule has 1 aliphatic rings. The fourth-order valence-corrected chi connectivity index (χ4v) is 6.36. The van der Waals surface area contributed by atoms with Gasteiger partial charge in [-0.2, -0.15) is 0 Å². The van der Waals surface area contributed by atoms with E-state index in [4.69, 9.17) is 0 Å². The van der Waals surface area contributed by atoms with Gasteiger partial charge in [-0.15, -0.1) is 0 Å². The van der Waals surface area contributed by atoms with Gasteiger partial charge in [0.2, 0.25) is 17.7 Å². The Labute approximate surface area is 277 Å². The number of benzene rings is 2. The summed E-state index contributed by atoms with van der Waals surface area (Å²) in [6.45, 7) is 19.8. The van der Waals surface area contributed by atoms with Crippen LogP contribution < -0.4 is 10.6 Å². The van der Waals surface area contributed by atoms with Crippen LogP contribution in [0.1, 0.15) is 66.5 Å². The van der Waals surface area contributed by atoms with Gasteiger partial charge in [-0.05, 0) is 36.4 Å². The number of piperazine rings is 1. The minimum atomic E-state index is -0.768. The second kappa shape index (κ2) is 15.9. The van der Waals surface area contributed by atoms with Crippen molar-refractivity contribution in [2.75, 3.05) is 40.3 Å². The molecule has 3 atom stereocenters. The van der Waals surface area contributed by atoms with E-state index in [9.17, 15) is 14.4 Å². The number of hydrogen-bond acceptors (Lipinski definition) is 5. The maximum atomic E-state index is 14.2. The van der Waals surface area contributed by atoms with Crippen molar-refractivity contribution in [1.82, 2.24) is 25.3 Å². The summed E-state index contributed by atoms with van der Waals surface area (Å²) >= 11 is 0. The van der Waals surface area contributed by atoms with Crippen LogP contribution >= 0.6 is 0 Å².